The van der Waals surface area contributed by atoms with E-state index in [1.54, 1.807) is 24.3 Å². The van der Waals surface area contributed by atoms with Crippen LogP contribution in [-0.4, -0.2) is 33.2 Å². The number of aromatic nitrogens is 3. The van der Waals surface area contributed by atoms with Crippen molar-refractivity contribution in [2.75, 3.05) is 6.54 Å². The minimum absolute atomic E-state index is 0.0339. The fourth-order valence-electron chi connectivity index (χ4n) is 3.92. The number of nitrogens with zero attached hydrogens (tertiary/aromatic N) is 4. The van der Waals surface area contributed by atoms with Gasteiger partial charge in [-0.3, -0.25) is 19.9 Å². The van der Waals surface area contributed by atoms with Crippen LogP contribution in [-0.2, 0) is 6.18 Å². The monoisotopic (exact) mass is 469 g/mol. The largest absolute Gasteiger partial charge is 0.433 e. The van der Waals surface area contributed by atoms with Crippen LogP contribution in [0.1, 0.15) is 36.1 Å². The highest BCUT2D eigenvalue weighted by atomic mass is 32.1. The van der Waals surface area contributed by atoms with Crippen LogP contribution in [0.3, 0.4) is 0 Å². The molecule has 168 valence electrons. The number of alkyl halides is 3. The smallest absolute Gasteiger partial charge is 0.289 e. The van der Waals surface area contributed by atoms with Gasteiger partial charge >= 0.3 is 6.18 Å². The molecule has 1 aliphatic rings. The Hall–Kier alpha value is -3.53. The van der Waals surface area contributed by atoms with E-state index in [0.29, 0.717) is 11.9 Å². The predicted octanol–water partition coefficient (Wildman–Crippen LogP) is 5.49. The lowest BCUT2D eigenvalue weighted by atomic mass is 9.98. The molecule has 1 N–H and O–H groups in total. The number of rotatable bonds is 5. The molecule has 4 aromatic rings. The van der Waals surface area contributed by atoms with Gasteiger partial charge in [-0.2, -0.15) is 17.9 Å². The Morgan fingerprint density at radius 1 is 1.18 bits per heavy atom. The highest BCUT2D eigenvalue weighted by molar-refractivity contribution is 7.20. The molecule has 5 rings (SSSR count). The quantitative estimate of drug-likeness (QED) is 0.392. The summed E-state index contributed by atoms with van der Waals surface area (Å²) in [6.07, 6.45) is -2.34. The number of aromatic amines is 1. The maximum Gasteiger partial charge on any atom is 0.433 e. The molecule has 2 aromatic carbocycles. The zero-order chi connectivity index (χ0) is 23.2. The van der Waals surface area contributed by atoms with Gasteiger partial charge in [0.15, 0.2) is 5.69 Å². The first-order chi connectivity index (χ1) is 15.8. The molecule has 0 bridgehead atoms. The second-order valence-corrected chi connectivity index (χ2v) is 8.67. The first-order valence-corrected chi connectivity index (χ1v) is 11.1. The van der Waals surface area contributed by atoms with Gasteiger partial charge in [0.1, 0.15) is 0 Å². The normalized spacial score (nSPS) is 16.0. The zero-order valence-electron chi connectivity index (χ0n) is 17.4. The van der Waals surface area contributed by atoms with Crippen LogP contribution in [0.2, 0.25) is 0 Å². The van der Waals surface area contributed by atoms with Crippen LogP contribution in [0.15, 0.2) is 63.3 Å². The Bertz CT molecular complexity index is 1430. The zero-order valence-corrected chi connectivity index (χ0v) is 18.2. The van der Waals surface area contributed by atoms with Crippen molar-refractivity contribution in [2.45, 2.75) is 25.4 Å². The lowest BCUT2D eigenvalue weighted by molar-refractivity contribution is -0.141. The number of nitrogens with one attached hydrogen (secondary N) is 1. The van der Waals surface area contributed by atoms with Crippen LogP contribution in [0.25, 0.3) is 15.3 Å². The Kier molecular flexibility index (Phi) is 5.24. The molecule has 0 unspecified atom stereocenters. The molecule has 0 aliphatic carbocycles. The molecule has 6 nitrogen and oxygen atoms in total. The van der Waals surface area contributed by atoms with E-state index in [2.05, 4.69) is 20.1 Å². The molecule has 2 aromatic heterocycles. The van der Waals surface area contributed by atoms with Crippen molar-refractivity contribution in [3.8, 4) is 5.13 Å². The van der Waals surface area contributed by atoms with Gasteiger partial charge in [-0.25, -0.2) is 4.98 Å². The summed E-state index contributed by atoms with van der Waals surface area (Å²) in [5.74, 6) is 0.0467. The summed E-state index contributed by atoms with van der Waals surface area (Å²) >= 11 is 1.14. The Labute approximate surface area is 190 Å². The topological polar surface area (TPSA) is 75.4 Å². The number of halogens is 3. The van der Waals surface area contributed by atoms with Gasteiger partial charge in [-0.05, 0) is 37.1 Å². The van der Waals surface area contributed by atoms with Crippen molar-refractivity contribution in [3.05, 3.63) is 75.7 Å². The Morgan fingerprint density at radius 3 is 2.73 bits per heavy atom. The maximum absolute atomic E-state index is 13.8. The predicted molar refractivity (Wildman–Crippen MR) is 124 cm³/mol. The summed E-state index contributed by atoms with van der Waals surface area (Å²) in [5.41, 5.74) is 0.177. The number of fused-ring (bicyclic) bond motifs is 2. The Morgan fingerprint density at radius 2 is 1.94 bits per heavy atom. The van der Waals surface area contributed by atoms with Crippen molar-refractivity contribution >= 4 is 39.2 Å². The summed E-state index contributed by atoms with van der Waals surface area (Å²) in [6.45, 7) is 1.69. The van der Waals surface area contributed by atoms with Crippen LogP contribution in [0.5, 0.6) is 0 Å². The van der Waals surface area contributed by atoms with E-state index in [9.17, 15) is 18.0 Å². The van der Waals surface area contributed by atoms with E-state index < -0.39 is 23.0 Å². The second kappa shape index (κ2) is 8.11. The molecule has 3 heterocycles. The van der Waals surface area contributed by atoms with E-state index >= 15 is 0 Å². The molecule has 0 amide bonds. The lowest BCUT2D eigenvalue weighted by Crippen LogP contribution is -2.21. The average molecular weight is 469 g/mol. The summed E-state index contributed by atoms with van der Waals surface area (Å²) in [6, 6.07) is 14.9. The molecule has 0 radical (unpaired) electrons. The molecule has 0 saturated carbocycles. The van der Waals surface area contributed by atoms with E-state index in [4.69, 9.17) is 0 Å². The molecule has 33 heavy (non-hydrogen) atoms. The SMILES string of the molecule is CC(=NCC[C@H]1C=Nc2ccccc21)c1c(C(F)(F)F)[nH]n(-c2nc3ccccc3s2)c1=O. The summed E-state index contributed by atoms with van der Waals surface area (Å²) in [5, 5.41) is 2.36. The van der Waals surface area contributed by atoms with Crippen molar-refractivity contribution in [2.24, 2.45) is 9.98 Å². The van der Waals surface area contributed by atoms with Gasteiger partial charge in [0.25, 0.3) is 5.56 Å². The van der Waals surface area contributed by atoms with Crippen LogP contribution in [0, 0.1) is 0 Å². The molecular formula is C23H18F3N5OS. The number of aliphatic imine (C=N–C) groups is 2. The van der Waals surface area contributed by atoms with Crippen LogP contribution >= 0.6 is 11.3 Å². The average Bonchev–Trinajstić information content (AvgIpc) is 3.48. The number of hydrogen-bond donors (Lipinski definition) is 1. The van der Waals surface area contributed by atoms with Crippen LogP contribution in [0.4, 0.5) is 18.9 Å². The fourth-order valence-corrected chi connectivity index (χ4v) is 4.84. The summed E-state index contributed by atoms with van der Waals surface area (Å²) in [7, 11) is 0. The standard InChI is InChI=1S/C23H18F3N5OS/c1-13(27-11-10-14-12-28-16-7-3-2-6-15(14)16)19-20(23(24,25)26)30-31(21(19)32)22-29-17-8-4-5-9-18(17)33-22/h2-9,12,14,30H,10-11H2,1H3/t14-/m0/s1. The molecule has 0 saturated heterocycles. The fraction of sp³-hybridized carbons (Fsp3) is 0.217. The minimum Gasteiger partial charge on any atom is -0.289 e. The third-order valence-electron chi connectivity index (χ3n) is 5.53. The molecular weight excluding hydrogens is 451 g/mol. The minimum atomic E-state index is -4.75. The van der Waals surface area contributed by atoms with Gasteiger partial charge in [-0.1, -0.05) is 41.7 Å². The molecule has 10 heteroatoms. The lowest BCUT2D eigenvalue weighted by Gasteiger charge is -2.08. The summed E-state index contributed by atoms with van der Waals surface area (Å²) < 4.78 is 43.0. The Balaban J connectivity index is 1.46. The van der Waals surface area contributed by atoms with Gasteiger partial charge < -0.3 is 0 Å². The van der Waals surface area contributed by atoms with Gasteiger partial charge in [0.2, 0.25) is 5.13 Å². The molecule has 0 fully saturated rings. The van der Waals surface area contributed by atoms with Crippen molar-refractivity contribution in [1.82, 2.24) is 14.8 Å². The number of thiazole rings is 1. The number of benzene rings is 2. The van der Waals surface area contributed by atoms with Gasteiger partial charge in [0.05, 0.1) is 21.5 Å². The third kappa shape index (κ3) is 3.91. The second-order valence-electron chi connectivity index (χ2n) is 7.66. The first-order valence-electron chi connectivity index (χ1n) is 10.3. The van der Waals surface area contributed by atoms with E-state index in [1.807, 2.05) is 30.5 Å². The first kappa shape index (κ1) is 21.3. The van der Waals surface area contributed by atoms with Gasteiger partial charge in [0, 0.05) is 24.4 Å². The molecule has 0 spiro atoms. The van der Waals surface area contributed by atoms with E-state index in [1.165, 1.54) is 6.92 Å². The third-order valence-corrected chi connectivity index (χ3v) is 6.55. The van der Waals surface area contributed by atoms with Crippen molar-refractivity contribution in [1.29, 1.82) is 0 Å². The van der Waals surface area contributed by atoms with E-state index in [0.717, 1.165) is 32.0 Å². The number of para-hydroxylation sites is 2. The van der Waals surface area contributed by atoms with E-state index in [-0.39, 0.29) is 23.3 Å². The molecule has 1 aliphatic heterocycles. The summed E-state index contributed by atoms with van der Waals surface area (Å²) in [4.78, 5) is 26.0. The van der Waals surface area contributed by atoms with Crippen molar-refractivity contribution < 1.29 is 13.2 Å². The highest BCUT2D eigenvalue weighted by Crippen LogP contribution is 2.34. The number of H-pyrrole nitrogens is 1. The van der Waals surface area contributed by atoms with Crippen LogP contribution < -0.4 is 5.56 Å². The van der Waals surface area contributed by atoms with Crippen molar-refractivity contribution in [3.63, 3.8) is 0 Å². The van der Waals surface area contributed by atoms with Gasteiger partial charge in [-0.15, -0.1) is 0 Å². The number of hydrogen-bond acceptors (Lipinski definition) is 5. The maximum atomic E-state index is 13.8. The highest BCUT2D eigenvalue weighted by Gasteiger charge is 2.39. The molecule has 1 atom stereocenters.